The number of ether oxygens (including phenoxy) is 1. The first kappa shape index (κ1) is 21.3. The zero-order valence-corrected chi connectivity index (χ0v) is 17.4. The smallest absolute Gasteiger partial charge is 0.421 e. The molecule has 2 aromatic heterocycles. The average Bonchev–Trinajstić information content (AvgIpc) is 3.27. The van der Waals surface area contributed by atoms with Crippen LogP contribution in [0, 0.1) is 0 Å². The van der Waals surface area contributed by atoms with Gasteiger partial charge in [-0.05, 0) is 12.5 Å². The van der Waals surface area contributed by atoms with Crippen molar-refractivity contribution < 1.29 is 22.7 Å². The van der Waals surface area contributed by atoms with E-state index in [9.17, 15) is 18.0 Å². The van der Waals surface area contributed by atoms with Gasteiger partial charge in [-0.2, -0.15) is 13.2 Å². The van der Waals surface area contributed by atoms with Crippen LogP contribution in [0.4, 0.5) is 18.9 Å². The third kappa shape index (κ3) is 4.15. The predicted molar refractivity (Wildman–Crippen MR) is 107 cm³/mol. The van der Waals surface area contributed by atoms with Gasteiger partial charge in [0.2, 0.25) is 11.8 Å². The van der Waals surface area contributed by atoms with Crippen LogP contribution >= 0.6 is 0 Å². The molecule has 0 radical (unpaired) electrons. The van der Waals surface area contributed by atoms with Gasteiger partial charge in [-0.25, -0.2) is 15.0 Å². The molecule has 1 amide bonds. The summed E-state index contributed by atoms with van der Waals surface area (Å²) in [5, 5.41) is 0. The summed E-state index contributed by atoms with van der Waals surface area (Å²) in [6, 6.07) is 1.08. The van der Waals surface area contributed by atoms with Crippen LogP contribution in [0.25, 0.3) is 0 Å². The van der Waals surface area contributed by atoms with E-state index < -0.39 is 17.6 Å². The molecule has 0 bridgehead atoms. The molecule has 2 aliphatic heterocycles. The minimum atomic E-state index is -4.56. The SMILES string of the molecule is CCC(=O)N1CC[C@H](c2ncnc3c2CN(c2cnc(OC)c(C(F)(F)F)c2)CC3)C1. The molecule has 0 saturated carbocycles. The van der Waals surface area contributed by atoms with E-state index in [1.165, 1.54) is 13.3 Å². The molecule has 0 aromatic carbocycles. The zero-order valence-electron chi connectivity index (χ0n) is 17.4. The van der Waals surface area contributed by atoms with Gasteiger partial charge in [0.15, 0.2) is 0 Å². The van der Waals surface area contributed by atoms with Crippen molar-refractivity contribution in [2.24, 2.45) is 0 Å². The number of rotatable bonds is 4. The van der Waals surface area contributed by atoms with Crippen molar-refractivity contribution >= 4 is 11.6 Å². The number of pyridine rings is 1. The number of amides is 1. The van der Waals surface area contributed by atoms with Crippen LogP contribution < -0.4 is 9.64 Å². The average molecular weight is 435 g/mol. The van der Waals surface area contributed by atoms with E-state index in [0.29, 0.717) is 44.7 Å². The van der Waals surface area contributed by atoms with Gasteiger partial charge in [-0.15, -0.1) is 0 Å². The van der Waals surface area contributed by atoms with Gasteiger partial charge in [0.1, 0.15) is 11.9 Å². The van der Waals surface area contributed by atoms with Crippen LogP contribution in [0.5, 0.6) is 5.88 Å². The van der Waals surface area contributed by atoms with Crippen molar-refractivity contribution in [3.8, 4) is 5.88 Å². The minimum absolute atomic E-state index is 0.104. The molecule has 31 heavy (non-hydrogen) atoms. The maximum Gasteiger partial charge on any atom is 0.421 e. The molecule has 166 valence electrons. The number of likely N-dealkylation sites (tertiary alicyclic amines) is 1. The number of fused-ring (bicyclic) bond motifs is 1. The number of carbonyl (C=O) groups excluding carboxylic acids is 1. The number of nitrogens with zero attached hydrogens (tertiary/aromatic N) is 5. The molecular formula is C21H24F3N5O2. The van der Waals surface area contributed by atoms with E-state index in [1.807, 2.05) is 16.7 Å². The largest absolute Gasteiger partial charge is 0.481 e. The number of alkyl halides is 3. The molecule has 4 heterocycles. The Hall–Kier alpha value is -2.91. The molecule has 0 spiro atoms. The summed E-state index contributed by atoms with van der Waals surface area (Å²) in [5.74, 6) is -0.215. The van der Waals surface area contributed by atoms with Crippen LogP contribution in [0.2, 0.25) is 0 Å². The van der Waals surface area contributed by atoms with Crippen molar-refractivity contribution in [2.75, 3.05) is 31.6 Å². The number of aromatic nitrogens is 3. The lowest BCUT2D eigenvalue weighted by atomic mass is 9.94. The van der Waals surface area contributed by atoms with Gasteiger partial charge >= 0.3 is 6.18 Å². The number of methoxy groups -OCH3 is 1. The first-order chi connectivity index (χ1) is 14.8. The van der Waals surface area contributed by atoms with E-state index >= 15 is 0 Å². The Morgan fingerprint density at radius 2 is 2.06 bits per heavy atom. The molecule has 7 nitrogen and oxygen atoms in total. The van der Waals surface area contributed by atoms with E-state index in [-0.39, 0.29) is 11.8 Å². The Morgan fingerprint density at radius 3 is 2.77 bits per heavy atom. The maximum atomic E-state index is 13.4. The fourth-order valence-electron chi connectivity index (χ4n) is 4.35. The maximum absolute atomic E-state index is 13.4. The molecule has 0 aliphatic carbocycles. The highest BCUT2D eigenvalue weighted by molar-refractivity contribution is 5.76. The molecule has 1 fully saturated rings. The molecular weight excluding hydrogens is 411 g/mol. The fraction of sp³-hybridized carbons (Fsp3) is 0.524. The summed E-state index contributed by atoms with van der Waals surface area (Å²) in [6.07, 6.45) is 0.272. The van der Waals surface area contributed by atoms with Crippen molar-refractivity contribution in [1.29, 1.82) is 0 Å². The monoisotopic (exact) mass is 435 g/mol. The Morgan fingerprint density at radius 1 is 1.26 bits per heavy atom. The second kappa shape index (κ2) is 8.32. The number of hydrogen-bond acceptors (Lipinski definition) is 6. The normalized spacial score (nSPS) is 18.8. The van der Waals surface area contributed by atoms with Crippen LogP contribution in [0.1, 0.15) is 48.2 Å². The van der Waals surface area contributed by atoms with Crippen molar-refractivity contribution in [2.45, 2.75) is 44.8 Å². The molecule has 0 N–H and O–H groups in total. The summed E-state index contributed by atoms with van der Waals surface area (Å²) >= 11 is 0. The van der Waals surface area contributed by atoms with Gasteiger partial charge in [-0.1, -0.05) is 6.92 Å². The van der Waals surface area contributed by atoms with Crippen LogP contribution in [0.15, 0.2) is 18.6 Å². The van der Waals surface area contributed by atoms with Gasteiger partial charge in [-0.3, -0.25) is 4.79 Å². The number of halogens is 3. The predicted octanol–water partition coefficient (Wildman–Crippen LogP) is 3.19. The molecule has 2 aromatic rings. The zero-order chi connectivity index (χ0) is 22.2. The standard InChI is InChI=1S/C21H24F3N5O2/c1-3-18(30)29-6-4-13(10-29)19-15-11-28(7-5-17(15)26-12-27-19)14-8-16(21(22,23)24)20(31-2)25-9-14/h8-9,12-13H,3-7,10-11H2,1-2H3/t13-/m0/s1. The Labute approximate surface area is 178 Å². The lowest BCUT2D eigenvalue weighted by Crippen LogP contribution is -2.33. The van der Waals surface area contributed by atoms with E-state index in [1.54, 1.807) is 6.33 Å². The van der Waals surface area contributed by atoms with E-state index in [2.05, 4.69) is 15.0 Å². The Balaban J connectivity index is 1.62. The molecule has 2 aliphatic rings. The molecule has 10 heteroatoms. The molecule has 0 unspecified atom stereocenters. The van der Waals surface area contributed by atoms with Crippen LogP contribution in [-0.2, 0) is 23.9 Å². The fourth-order valence-corrected chi connectivity index (χ4v) is 4.35. The van der Waals surface area contributed by atoms with Crippen molar-refractivity contribution in [1.82, 2.24) is 19.9 Å². The summed E-state index contributed by atoms with van der Waals surface area (Å²) in [4.78, 5) is 28.6. The van der Waals surface area contributed by atoms with Gasteiger partial charge in [0, 0.05) is 50.5 Å². The molecule has 1 saturated heterocycles. The number of anilines is 1. The lowest BCUT2D eigenvalue weighted by molar-refractivity contribution is -0.139. The topological polar surface area (TPSA) is 71.5 Å². The molecule has 4 rings (SSSR count). The second-order valence-electron chi connectivity index (χ2n) is 7.78. The minimum Gasteiger partial charge on any atom is -0.481 e. The van der Waals surface area contributed by atoms with Crippen LogP contribution in [-0.4, -0.2) is 52.5 Å². The van der Waals surface area contributed by atoms with Crippen molar-refractivity contribution in [3.63, 3.8) is 0 Å². The van der Waals surface area contributed by atoms with E-state index in [4.69, 9.17) is 4.74 Å². The van der Waals surface area contributed by atoms with Crippen molar-refractivity contribution in [3.05, 3.63) is 41.1 Å². The summed E-state index contributed by atoms with van der Waals surface area (Å²) in [5.41, 5.74) is 2.22. The Kier molecular flexibility index (Phi) is 5.72. The summed E-state index contributed by atoms with van der Waals surface area (Å²) in [7, 11) is 1.17. The summed E-state index contributed by atoms with van der Waals surface area (Å²) < 4.78 is 45.1. The third-order valence-electron chi connectivity index (χ3n) is 5.97. The lowest BCUT2D eigenvalue weighted by Gasteiger charge is -2.32. The van der Waals surface area contributed by atoms with Gasteiger partial charge in [0.05, 0.1) is 30.4 Å². The number of carbonyl (C=O) groups is 1. The highest BCUT2D eigenvalue weighted by atomic mass is 19.4. The number of hydrogen-bond donors (Lipinski definition) is 0. The van der Waals surface area contributed by atoms with Crippen LogP contribution in [0.3, 0.4) is 0 Å². The highest BCUT2D eigenvalue weighted by Crippen LogP contribution is 2.38. The molecule has 1 atom stereocenters. The van der Waals surface area contributed by atoms with Gasteiger partial charge < -0.3 is 14.5 Å². The first-order valence-corrected chi connectivity index (χ1v) is 10.3. The quantitative estimate of drug-likeness (QED) is 0.735. The second-order valence-corrected chi connectivity index (χ2v) is 7.78. The Bertz CT molecular complexity index is 982. The first-order valence-electron chi connectivity index (χ1n) is 10.3. The van der Waals surface area contributed by atoms with Gasteiger partial charge in [0.25, 0.3) is 0 Å². The third-order valence-corrected chi connectivity index (χ3v) is 5.97. The summed E-state index contributed by atoms with van der Waals surface area (Å²) in [6.45, 7) is 4.07. The van der Waals surface area contributed by atoms with E-state index in [0.717, 1.165) is 29.4 Å². The highest BCUT2D eigenvalue weighted by Gasteiger charge is 2.37.